The minimum absolute atomic E-state index is 0.115. The highest BCUT2D eigenvalue weighted by Crippen LogP contribution is 2.50. The van der Waals surface area contributed by atoms with E-state index < -0.39 is 21.9 Å². The molecule has 2 heterocycles. The number of aliphatic hydroxyl groups excluding tert-OH is 1. The number of anilines is 2. The number of nitrogens with zero attached hydrogens (tertiary/aromatic N) is 3. The number of hydrogen-bond acceptors (Lipinski definition) is 5. The summed E-state index contributed by atoms with van der Waals surface area (Å²) in [5.41, 5.74) is 3.21. The van der Waals surface area contributed by atoms with Crippen LogP contribution >= 0.6 is 0 Å². The molecule has 3 aromatic carbocycles. The third-order valence-corrected chi connectivity index (χ3v) is 7.71. The van der Waals surface area contributed by atoms with Crippen molar-refractivity contribution < 1.29 is 18.3 Å². The molecule has 0 bridgehead atoms. The van der Waals surface area contributed by atoms with Crippen LogP contribution in [0.3, 0.4) is 0 Å². The van der Waals surface area contributed by atoms with Gasteiger partial charge >= 0.3 is 0 Å². The summed E-state index contributed by atoms with van der Waals surface area (Å²) in [6, 6.07) is 22.2. The third-order valence-electron chi connectivity index (χ3n) is 6.43. The minimum Gasteiger partial charge on any atom is -0.394 e. The molecule has 0 radical (unpaired) electrons. The monoisotopic (exact) mass is 477 g/mol. The van der Waals surface area contributed by atoms with E-state index in [1.54, 1.807) is 36.2 Å². The summed E-state index contributed by atoms with van der Waals surface area (Å²) in [7, 11) is -2.24. The Kier molecular flexibility index (Phi) is 5.47. The maximum atomic E-state index is 13.4. The average molecular weight is 478 g/mol. The van der Waals surface area contributed by atoms with Crippen molar-refractivity contribution in [2.24, 2.45) is 4.40 Å². The first-order valence-electron chi connectivity index (χ1n) is 11.1. The summed E-state index contributed by atoms with van der Waals surface area (Å²) >= 11 is 0. The number of amidine groups is 1. The molecule has 0 amide bonds. The molecule has 34 heavy (non-hydrogen) atoms. The number of likely N-dealkylation sites (N-methyl/N-ethyl adjacent to an activating group) is 1. The van der Waals surface area contributed by atoms with Gasteiger partial charge < -0.3 is 19.6 Å². The topological polar surface area (TPSA) is 82.4 Å². The van der Waals surface area contributed by atoms with Crippen LogP contribution in [0.5, 0.6) is 0 Å². The number of hydrogen-bond donors (Lipinski definition) is 1. The molecular weight excluding hydrogens is 450 g/mol. The molecule has 8 heteroatoms. The molecule has 2 aliphatic heterocycles. The van der Waals surface area contributed by atoms with Gasteiger partial charge in [0.15, 0.2) is 5.84 Å². The van der Waals surface area contributed by atoms with Gasteiger partial charge in [-0.25, -0.2) is 0 Å². The molecule has 1 spiro atoms. The molecule has 2 atom stereocenters. The molecule has 0 aliphatic carbocycles. The van der Waals surface area contributed by atoms with Gasteiger partial charge in [0.05, 0.1) is 23.7 Å². The SMILES string of the molecule is Cc1ccc(N2C[C@@H](CO)O[C@@]23/C(=N\S(=O)(=O)c2ccc(C)cc2)N(C)c2ccccc23)cc1. The Hall–Kier alpha value is -3.20. The maximum Gasteiger partial charge on any atom is 0.284 e. The summed E-state index contributed by atoms with van der Waals surface area (Å²) in [5, 5.41) is 10.0. The van der Waals surface area contributed by atoms with Crippen LogP contribution in [0, 0.1) is 13.8 Å². The summed E-state index contributed by atoms with van der Waals surface area (Å²) in [5.74, 6) is 0.241. The first-order valence-corrected chi connectivity index (χ1v) is 12.6. The Labute approximate surface area is 200 Å². The predicted molar refractivity (Wildman–Crippen MR) is 133 cm³/mol. The normalized spacial score (nSPS) is 23.2. The Morgan fingerprint density at radius 1 is 1.00 bits per heavy atom. The predicted octanol–water partition coefficient (Wildman–Crippen LogP) is 3.59. The van der Waals surface area contributed by atoms with Crippen molar-refractivity contribution in [2.45, 2.75) is 30.6 Å². The largest absolute Gasteiger partial charge is 0.394 e. The van der Waals surface area contributed by atoms with Crippen LogP contribution < -0.4 is 9.80 Å². The van der Waals surface area contributed by atoms with Crippen molar-refractivity contribution in [3.63, 3.8) is 0 Å². The lowest BCUT2D eigenvalue weighted by molar-refractivity contribution is -0.0173. The van der Waals surface area contributed by atoms with Gasteiger partial charge in [0.1, 0.15) is 6.10 Å². The Bertz CT molecular complexity index is 1350. The van der Waals surface area contributed by atoms with Crippen molar-refractivity contribution in [3.05, 3.63) is 89.5 Å². The summed E-state index contributed by atoms with van der Waals surface area (Å²) < 4.78 is 37.7. The molecule has 1 N–H and O–H groups in total. The zero-order valence-electron chi connectivity index (χ0n) is 19.3. The van der Waals surface area contributed by atoms with E-state index in [2.05, 4.69) is 4.40 Å². The molecule has 0 unspecified atom stereocenters. The fraction of sp³-hybridized carbons (Fsp3) is 0.269. The molecule has 0 saturated carbocycles. The van der Waals surface area contributed by atoms with E-state index in [0.717, 1.165) is 28.1 Å². The Morgan fingerprint density at radius 3 is 2.26 bits per heavy atom. The quantitative estimate of drug-likeness (QED) is 0.619. The van der Waals surface area contributed by atoms with Crippen LogP contribution in [0.4, 0.5) is 11.4 Å². The van der Waals surface area contributed by atoms with E-state index >= 15 is 0 Å². The molecule has 176 valence electrons. The van der Waals surface area contributed by atoms with Crippen molar-refractivity contribution >= 4 is 27.2 Å². The Balaban J connectivity index is 1.74. The first-order chi connectivity index (χ1) is 16.3. The number of fused-ring (bicyclic) bond motifs is 2. The molecular formula is C26H27N3O4S. The van der Waals surface area contributed by atoms with Crippen LogP contribution in [0.15, 0.2) is 82.1 Å². The lowest BCUT2D eigenvalue weighted by Crippen LogP contribution is -2.50. The number of benzene rings is 3. The van der Waals surface area contributed by atoms with Gasteiger partial charge in [-0.1, -0.05) is 53.6 Å². The zero-order chi connectivity index (χ0) is 24.1. The van der Waals surface area contributed by atoms with E-state index in [1.807, 2.05) is 67.3 Å². The molecule has 7 nitrogen and oxygen atoms in total. The second-order valence-electron chi connectivity index (χ2n) is 8.79. The van der Waals surface area contributed by atoms with E-state index in [0.29, 0.717) is 6.54 Å². The third kappa shape index (κ3) is 3.50. The van der Waals surface area contributed by atoms with Crippen molar-refractivity contribution in [1.82, 2.24) is 0 Å². The van der Waals surface area contributed by atoms with Gasteiger partial charge in [-0.3, -0.25) is 0 Å². The first kappa shape index (κ1) is 22.6. The fourth-order valence-corrected chi connectivity index (χ4v) is 5.74. The van der Waals surface area contributed by atoms with Crippen LogP contribution in [0.1, 0.15) is 16.7 Å². The van der Waals surface area contributed by atoms with E-state index in [-0.39, 0.29) is 17.3 Å². The van der Waals surface area contributed by atoms with Gasteiger partial charge in [-0.15, -0.1) is 4.40 Å². The van der Waals surface area contributed by atoms with Crippen molar-refractivity contribution in [2.75, 3.05) is 30.0 Å². The van der Waals surface area contributed by atoms with E-state index in [4.69, 9.17) is 4.74 Å². The zero-order valence-corrected chi connectivity index (χ0v) is 20.2. The highest BCUT2D eigenvalue weighted by molar-refractivity contribution is 7.90. The number of aliphatic hydroxyl groups is 1. The van der Waals surface area contributed by atoms with Gasteiger partial charge in [0.2, 0.25) is 5.72 Å². The van der Waals surface area contributed by atoms with E-state index in [1.165, 1.54) is 0 Å². The summed E-state index contributed by atoms with van der Waals surface area (Å²) in [6.07, 6.45) is -0.520. The molecule has 1 fully saturated rings. The van der Waals surface area contributed by atoms with Crippen molar-refractivity contribution in [3.8, 4) is 0 Å². The number of ether oxygens (including phenoxy) is 1. The average Bonchev–Trinajstić information content (AvgIpc) is 3.33. The van der Waals surface area contributed by atoms with Crippen LogP contribution in [0.25, 0.3) is 0 Å². The molecule has 2 aliphatic rings. The number of para-hydroxylation sites is 1. The lowest BCUT2D eigenvalue weighted by Gasteiger charge is -2.36. The van der Waals surface area contributed by atoms with E-state index in [9.17, 15) is 13.5 Å². The highest BCUT2D eigenvalue weighted by Gasteiger charge is 2.59. The standard InChI is InChI=1S/C26H27N3O4S/c1-18-8-12-20(13-9-18)29-16-21(17-30)33-26(29)23-6-4-5-7-24(23)28(3)25(26)27-34(31,32)22-14-10-19(2)11-15-22/h4-15,21,30H,16-17H2,1-3H3/b27-25+/t21-,26-/m0/s1. The second-order valence-corrected chi connectivity index (χ2v) is 10.4. The minimum atomic E-state index is -4.03. The highest BCUT2D eigenvalue weighted by atomic mass is 32.2. The van der Waals surface area contributed by atoms with Crippen LogP contribution in [-0.2, 0) is 20.5 Å². The van der Waals surface area contributed by atoms with Gasteiger partial charge in [0, 0.05) is 18.3 Å². The number of aryl methyl sites for hydroxylation is 2. The molecule has 3 aromatic rings. The number of sulfonamides is 1. The van der Waals surface area contributed by atoms with Crippen molar-refractivity contribution in [1.29, 1.82) is 0 Å². The molecule has 0 aromatic heterocycles. The molecule has 1 saturated heterocycles. The second kappa shape index (κ2) is 8.23. The van der Waals surface area contributed by atoms with Gasteiger partial charge in [-0.05, 0) is 44.2 Å². The summed E-state index contributed by atoms with van der Waals surface area (Å²) in [4.78, 5) is 3.88. The van der Waals surface area contributed by atoms with Crippen LogP contribution in [0.2, 0.25) is 0 Å². The van der Waals surface area contributed by atoms with Gasteiger partial charge in [-0.2, -0.15) is 8.42 Å². The lowest BCUT2D eigenvalue weighted by atomic mass is 10.0. The van der Waals surface area contributed by atoms with Crippen LogP contribution in [-0.4, -0.2) is 45.7 Å². The number of rotatable bonds is 4. The van der Waals surface area contributed by atoms with Gasteiger partial charge in [0.25, 0.3) is 10.0 Å². The smallest absolute Gasteiger partial charge is 0.284 e. The Morgan fingerprint density at radius 2 is 1.62 bits per heavy atom. The maximum absolute atomic E-state index is 13.4. The molecule has 5 rings (SSSR count). The fourth-order valence-electron chi connectivity index (χ4n) is 4.68. The summed E-state index contributed by atoms with van der Waals surface area (Å²) in [6.45, 7) is 4.09.